The number of hydrogen-bond donors (Lipinski definition) is 1. The summed E-state index contributed by atoms with van der Waals surface area (Å²) in [6.07, 6.45) is -0.542. The molecule has 0 radical (unpaired) electrons. The second kappa shape index (κ2) is 9.98. The van der Waals surface area contributed by atoms with Gasteiger partial charge in [0, 0.05) is 0 Å². The first kappa shape index (κ1) is 22.9. The lowest BCUT2D eigenvalue weighted by Gasteiger charge is -2.20. The molecule has 1 N–H and O–H groups in total. The molecule has 142 valence electrons. The van der Waals surface area contributed by atoms with Crippen molar-refractivity contribution >= 4 is 22.1 Å². The van der Waals surface area contributed by atoms with Crippen LogP contribution in [0.15, 0.2) is 0 Å². The fourth-order valence-electron chi connectivity index (χ4n) is 2.43. The molecule has 0 saturated heterocycles. The molecule has 0 aliphatic heterocycles. The van der Waals surface area contributed by atoms with Crippen LogP contribution in [-0.2, 0) is 29.2 Å². The summed E-state index contributed by atoms with van der Waals surface area (Å²) in [5.41, 5.74) is 0. The van der Waals surface area contributed by atoms with Crippen LogP contribution in [0.3, 0.4) is 0 Å². The highest BCUT2D eigenvalue weighted by molar-refractivity contribution is 7.87. The van der Waals surface area contributed by atoms with Gasteiger partial charge in [0.25, 0.3) is 10.1 Å². The highest BCUT2D eigenvalue weighted by Gasteiger charge is 2.36. The molecule has 0 aliphatic rings. The van der Waals surface area contributed by atoms with Crippen LogP contribution in [0.2, 0.25) is 0 Å². The number of carbonyl (C=O) groups is 2. The van der Waals surface area contributed by atoms with Crippen molar-refractivity contribution < 1.29 is 32.0 Å². The first-order valence-corrected chi connectivity index (χ1v) is 9.69. The highest BCUT2D eigenvalue weighted by atomic mass is 32.2. The molecule has 0 amide bonds. The van der Waals surface area contributed by atoms with Crippen LogP contribution in [0.4, 0.5) is 0 Å². The summed E-state index contributed by atoms with van der Waals surface area (Å²) in [5, 5.41) is -1.97. The molecule has 0 unspecified atom stereocenters. The van der Waals surface area contributed by atoms with Crippen molar-refractivity contribution in [3.63, 3.8) is 0 Å². The minimum absolute atomic E-state index is 0.249. The van der Waals surface area contributed by atoms with Crippen molar-refractivity contribution in [3.8, 4) is 0 Å². The van der Waals surface area contributed by atoms with E-state index in [0.717, 1.165) is 0 Å². The van der Waals surface area contributed by atoms with Gasteiger partial charge in [0.2, 0.25) is 0 Å². The van der Waals surface area contributed by atoms with E-state index in [4.69, 9.17) is 9.47 Å². The van der Waals surface area contributed by atoms with Crippen molar-refractivity contribution in [2.75, 3.05) is 0 Å². The van der Waals surface area contributed by atoms with Crippen molar-refractivity contribution in [1.29, 1.82) is 0 Å². The molecule has 0 spiro atoms. The normalized spacial score (nSPS) is 15.9. The maximum absolute atomic E-state index is 12.0. The predicted molar refractivity (Wildman–Crippen MR) is 90.0 cm³/mol. The van der Waals surface area contributed by atoms with E-state index < -0.39 is 45.9 Å². The zero-order valence-corrected chi connectivity index (χ0v) is 16.1. The van der Waals surface area contributed by atoms with Crippen LogP contribution in [0.5, 0.6) is 0 Å². The van der Waals surface area contributed by atoms with Gasteiger partial charge in [-0.25, -0.2) is 0 Å². The smallest absolute Gasteiger partial charge is 0.327 e. The molecule has 7 nitrogen and oxygen atoms in total. The second-order valence-corrected chi connectivity index (χ2v) is 8.61. The quantitative estimate of drug-likeness (QED) is 0.468. The van der Waals surface area contributed by atoms with Crippen LogP contribution in [0.1, 0.15) is 60.8 Å². The lowest BCUT2D eigenvalue weighted by atomic mass is 10.1. The molecule has 0 saturated carbocycles. The van der Waals surface area contributed by atoms with Crippen molar-refractivity contribution in [3.05, 3.63) is 0 Å². The second-order valence-electron chi connectivity index (χ2n) is 7.01. The molecule has 0 rings (SSSR count). The van der Waals surface area contributed by atoms with Gasteiger partial charge >= 0.3 is 11.9 Å². The number of hydrogen-bond acceptors (Lipinski definition) is 6. The number of rotatable bonds is 10. The van der Waals surface area contributed by atoms with Gasteiger partial charge in [-0.1, -0.05) is 27.7 Å². The van der Waals surface area contributed by atoms with E-state index in [1.807, 2.05) is 27.7 Å². The van der Waals surface area contributed by atoms with E-state index in [9.17, 15) is 22.6 Å². The first-order chi connectivity index (χ1) is 10.8. The van der Waals surface area contributed by atoms with Crippen LogP contribution in [0.25, 0.3) is 0 Å². The van der Waals surface area contributed by atoms with Crippen LogP contribution in [-0.4, -0.2) is 42.4 Å². The fourth-order valence-corrected chi connectivity index (χ4v) is 3.08. The first-order valence-electron chi connectivity index (χ1n) is 8.19. The summed E-state index contributed by atoms with van der Waals surface area (Å²) in [6.45, 7) is 11.1. The minimum atomic E-state index is -4.77. The summed E-state index contributed by atoms with van der Waals surface area (Å²) < 4.78 is 42.2. The predicted octanol–water partition coefficient (Wildman–Crippen LogP) is 2.59. The Morgan fingerprint density at radius 2 is 1.29 bits per heavy atom. The topological polar surface area (TPSA) is 107 Å². The Hall–Kier alpha value is -1.15. The van der Waals surface area contributed by atoms with Gasteiger partial charge in [-0.2, -0.15) is 8.42 Å². The standard InChI is InChI=1S/C16H30O7S/c1-10(2)7-12(5)22-15(17)9-14(24(19,20)21)16(18)23-13(6)8-11(3)4/h10-14H,7-9H2,1-6H3,(H,19,20,21)/t12-,13+,14+/m0/s1. The maximum Gasteiger partial charge on any atom is 0.327 e. The lowest BCUT2D eigenvalue weighted by Crippen LogP contribution is -2.36. The molecule has 3 atom stereocenters. The summed E-state index contributed by atoms with van der Waals surface area (Å²) in [7, 11) is -4.77. The van der Waals surface area contributed by atoms with E-state index in [0.29, 0.717) is 18.8 Å². The van der Waals surface area contributed by atoms with E-state index >= 15 is 0 Å². The third-order valence-corrected chi connectivity index (χ3v) is 4.31. The third-order valence-electron chi connectivity index (χ3n) is 3.23. The van der Waals surface area contributed by atoms with Gasteiger partial charge < -0.3 is 9.47 Å². The zero-order valence-electron chi connectivity index (χ0n) is 15.3. The number of carbonyl (C=O) groups excluding carboxylic acids is 2. The third kappa shape index (κ3) is 9.87. The molecule has 0 heterocycles. The van der Waals surface area contributed by atoms with Gasteiger partial charge in [-0.05, 0) is 38.5 Å². The molecular formula is C16H30O7S. The van der Waals surface area contributed by atoms with Gasteiger partial charge in [-0.3, -0.25) is 14.1 Å². The molecule has 0 aliphatic carbocycles. The molecule has 0 bridgehead atoms. The van der Waals surface area contributed by atoms with Gasteiger partial charge in [0.15, 0.2) is 5.25 Å². The molecule has 0 fully saturated rings. The molecule has 24 heavy (non-hydrogen) atoms. The Morgan fingerprint density at radius 1 is 0.875 bits per heavy atom. The van der Waals surface area contributed by atoms with Gasteiger partial charge in [-0.15, -0.1) is 0 Å². The largest absolute Gasteiger partial charge is 0.463 e. The zero-order chi connectivity index (χ0) is 19.1. The van der Waals surface area contributed by atoms with Gasteiger partial charge in [0.05, 0.1) is 18.6 Å². The van der Waals surface area contributed by atoms with E-state index in [-0.39, 0.29) is 5.92 Å². The Labute approximate surface area is 144 Å². The monoisotopic (exact) mass is 366 g/mol. The molecule has 0 aromatic carbocycles. The van der Waals surface area contributed by atoms with Crippen molar-refractivity contribution in [2.45, 2.75) is 78.3 Å². The summed E-state index contributed by atoms with van der Waals surface area (Å²) in [6, 6.07) is 0. The summed E-state index contributed by atoms with van der Waals surface area (Å²) >= 11 is 0. The molecular weight excluding hydrogens is 336 g/mol. The summed E-state index contributed by atoms with van der Waals surface area (Å²) in [4.78, 5) is 23.9. The average molecular weight is 366 g/mol. The molecule has 8 heteroatoms. The SMILES string of the molecule is CC(C)C[C@@H](C)OC(=O)[C@@H](CC(=O)O[C@@H](C)CC(C)C)S(=O)(=O)O. The number of esters is 2. The average Bonchev–Trinajstić information content (AvgIpc) is 2.31. The minimum Gasteiger partial charge on any atom is -0.463 e. The van der Waals surface area contributed by atoms with Crippen molar-refractivity contribution in [1.82, 2.24) is 0 Å². The Kier molecular flexibility index (Phi) is 9.50. The maximum atomic E-state index is 12.0. The van der Waals surface area contributed by atoms with Crippen LogP contribution in [0, 0.1) is 11.8 Å². The van der Waals surface area contributed by atoms with E-state index in [1.165, 1.54) is 0 Å². The van der Waals surface area contributed by atoms with E-state index in [1.54, 1.807) is 13.8 Å². The van der Waals surface area contributed by atoms with Crippen molar-refractivity contribution in [2.24, 2.45) is 11.8 Å². The lowest BCUT2D eigenvalue weighted by molar-refractivity contribution is -0.155. The van der Waals surface area contributed by atoms with Gasteiger partial charge in [0.1, 0.15) is 0 Å². The number of ether oxygens (including phenoxy) is 2. The molecule has 0 aromatic heterocycles. The van der Waals surface area contributed by atoms with Crippen LogP contribution >= 0.6 is 0 Å². The van der Waals surface area contributed by atoms with E-state index in [2.05, 4.69) is 0 Å². The Bertz CT molecular complexity index is 511. The Balaban J connectivity index is 4.85. The summed E-state index contributed by atoms with van der Waals surface area (Å²) in [5.74, 6) is -1.45. The Morgan fingerprint density at radius 3 is 1.67 bits per heavy atom. The molecule has 0 aromatic rings. The van der Waals surface area contributed by atoms with Crippen LogP contribution < -0.4 is 0 Å². The fraction of sp³-hybridized carbons (Fsp3) is 0.875. The highest BCUT2D eigenvalue weighted by Crippen LogP contribution is 2.15.